The molecule has 0 N–H and O–H groups in total. The highest BCUT2D eigenvalue weighted by molar-refractivity contribution is 7.86. The Bertz CT molecular complexity index is 368. The van der Waals surface area contributed by atoms with Gasteiger partial charge in [-0.15, -0.1) is 11.6 Å². The van der Waals surface area contributed by atoms with E-state index in [1.165, 1.54) is 0 Å². The molecule has 0 saturated carbocycles. The fourth-order valence-corrected chi connectivity index (χ4v) is 4.60. The molecular formula is C11H21ClN2O3S. The van der Waals surface area contributed by atoms with Crippen LogP contribution in [0, 0.1) is 5.92 Å². The summed E-state index contributed by atoms with van der Waals surface area (Å²) in [5.41, 5.74) is 0. The maximum absolute atomic E-state index is 12.5. The lowest BCUT2D eigenvalue weighted by molar-refractivity contribution is 0.0357. The lowest BCUT2D eigenvalue weighted by atomic mass is 10.0. The molecule has 2 rings (SSSR count). The number of halogens is 1. The van der Waals surface area contributed by atoms with Crippen molar-refractivity contribution in [3.05, 3.63) is 0 Å². The van der Waals surface area contributed by atoms with Gasteiger partial charge in [0.05, 0.1) is 13.2 Å². The van der Waals surface area contributed by atoms with Gasteiger partial charge in [0.25, 0.3) is 10.2 Å². The van der Waals surface area contributed by atoms with Gasteiger partial charge in [-0.2, -0.15) is 17.0 Å². The van der Waals surface area contributed by atoms with Crippen molar-refractivity contribution in [2.75, 3.05) is 38.7 Å². The lowest BCUT2D eigenvalue weighted by Crippen LogP contribution is -2.54. The second-order valence-corrected chi connectivity index (χ2v) is 7.23. The van der Waals surface area contributed by atoms with Gasteiger partial charge in [0.15, 0.2) is 0 Å². The fourth-order valence-electron chi connectivity index (χ4n) is 2.50. The summed E-state index contributed by atoms with van der Waals surface area (Å²) in [6.45, 7) is 4.49. The van der Waals surface area contributed by atoms with E-state index in [-0.39, 0.29) is 6.04 Å². The number of morpholine rings is 1. The van der Waals surface area contributed by atoms with Crippen molar-refractivity contribution in [2.45, 2.75) is 25.8 Å². The summed E-state index contributed by atoms with van der Waals surface area (Å²) in [6.07, 6.45) is 1.73. The SMILES string of the molecule is CC1COCCN1S(=O)(=O)N1CCC(CCl)CC1. The van der Waals surface area contributed by atoms with Crippen molar-refractivity contribution in [2.24, 2.45) is 5.92 Å². The van der Waals surface area contributed by atoms with E-state index in [2.05, 4.69) is 0 Å². The maximum Gasteiger partial charge on any atom is 0.282 e. The second-order valence-electron chi connectivity index (χ2n) is 5.04. The number of alkyl halides is 1. The van der Waals surface area contributed by atoms with Crippen LogP contribution < -0.4 is 0 Å². The Morgan fingerprint density at radius 3 is 2.50 bits per heavy atom. The molecule has 18 heavy (non-hydrogen) atoms. The van der Waals surface area contributed by atoms with Crippen molar-refractivity contribution >= 4 is 21.8 Å². The molecule has 0 amide bonds. The molecule has 2 fully saturated rings. The number of rotatable bonds is 3. The molecule has 7 heteroatoms. The molecule has 0 aromatic heterocycles. The predicted octanol–water partition coefficient (Wildman–Crippen LogP) is 0.903. The average molecular weight is 297 g/mol. The van der Waals surface area contributed by atoms with Crippen LogP contribution in [-0.2, 0) is 14.9 Å². The first-order chi connectivity index (χ1) is 8.55. The highest BCUT2D eigenvalue weighted by Gasteiger charge is 2.36. The monoisotopic (exact) mass is 296 g/mol. The number of hydrogen-bond donors (Lipinski definition) is 0. The summed E-state index contributed by atoms with van der Waals surface area (Å²) in [5.74, 6) is 1.09. The minimum atomic E-state index is -3.32. The van der Waals surface area contributed by atoms with Crippen LogP contribution in [0.5, 0.6) is 0 Å². The van der Waals surface area contributed by atoms with Gasteiger partial charge in [0, 0.05) is 31.6 Å². The van der Waals surface area contributed by atoms with Gasteiger partial charge in [-0.25, -0.2) is 0 Å². The van der Waals surface area contributed by atoms with E-state index < -0.39 is 10.2 Å². The molecule has 0 aliphatic carbocycles. The van der Waals surface area contributed by atoms with Crippen LogP contribution in [0.4, 0.5) is 0 Å². The van der Waals surface area contributed by atoms with Gasteiger partial charge >= 0.3 is 0 Å². The maximum atomic E-state index is 12.5. The van der Waals surface area contributed by atoms with E-state index >= 15 is 0 Å². The van der Waals surface area contributed by atoms with E-state index in [0.29, 0.717) is 44.6 Å². The summed E-state index contributed by atoms with van der Waals surface area (Å²) >= 11 is 5.82. The second kappa shape index (κ2) is 6.05. The summed E-state index contributed by atoms with van der Waals surface area (Å²) < 4.78 is 33.5. The zero-order valence-electron chi connectivity index (χ0n) is 10.7. The van der Waals surface area contributed by atoms with E-state index in [9.17, 15) is 8.42 Å². The molecule has 0 aromatic carbocycles. The summed E-state index contributed by atoms with van der Waals surface area (Å²) in [5, 5.41) is 0. The highest BCUT2D eigenvalue weighted by Crippen LogP contribution is 2.24. The van der Waals surface area contributed by atoms with Gasteiger partial charge in [0.1, 0.15) is 0 Å². The summed E-state index contributed by atoms with van der Waals surface area (Å²) in [6, 6.07) is -0.0745. The van der Waals surface area contributed by atoms with Crippen molar-refractivity contribution in [3.8, 4) is 0 Å². The number of ether oxygens (including phenoxy) is 1. The molecule has 2 aliphatic rings. The van der Waals surface area contributed by atoms with Crippen molar-refractivity contribution in [1.29, 1.82) is 0 Å². The lowest BCUT2D eigenvalue weighted by Gasteiger charge is -2.38. The largest absolute Gasteiger partial charge is 0.378 e. The summed E-state index contributed by atoms with van der Waals surface area (Å²) in [7, 11) is -3.32. The first kappa shape index (κ1) is 14.5. The Hall–Kier alpha value is 0.120. The molecule has 0 aromatic rings. The smallest absolute Gasteiger partial charge is 0.282 e. The highest BCUT2D eigenvalue weighted by atomic mass is 35.5. The number of hydrogen-bond acceptors (Lipinski definition) is 3. The first-order valence-corrected chi connectivity index (χ1v) is 8.39. The normalized spacial score (nSPS) is 29.6. The molecule has 1 unspecified atom stereocenters. The number of piperidine rings is 1. The van der Waals surface area contributed by atoms with Gasteiger partial charge in [-0.05, 0) is 25.7 Å². The van der Waals surface area contributed by atoms with Gasteiger partial charge in [-0.1, -0.05) is 0 Å². The number of nitrogens with zero attached hydrogens (tertiary/aromatic N) is 2. The van der Waals surface area contributed by atoms with Crippen LogP contribution in [0.2, 0.25) is 0 Å². The van der Waals surface area contributed by atoms with Gasteiger partial charge in [0.2, 0.25) is 0 Å². The van der Waals surface area contributed by atoms with Crippen molar-refractivity contribution in [3.63, 3.8) is 0 Å². The van der Waals surface area contributed by atoms with E-state index in [0.717, 1.165) is 12.8 Å². The molecular weight excluding hydrogens is 276 g/mol. The van der Waals surface area contributed by atoms with Crippen LogP contribution >= 0.6 is 11.6 Å². The van der Waals surface area contributed by atoms with Crippen LogP contribution in [0.1, 0.15) is 19.8 Å². The van der Waals surface area contributed by atoms with Crippen molar-refractivity contribution < 1.29 is 13.2 Å². The molecule has 1 atom stereocenters. The molecule has 2 heterocycles. The third-order valence-corrected chi connectivity index (χ3v) is 6.31. The standard InChI is InChI=1S/C11H21ClN2O3S/c1-10-9-17-7-6-14(10)18(15,16)13-4-2-11(8-12)3-5-13/h10-11H,2-9H2,1H3. The van der Waals surface area contributed by atoms with E-state index in [1.807, 2.05) is 6.92 Å². The van der Waals surface area contributed by atoms with E-state index in [4.69, 9.17) is 16.3 Å². The first-order valence-electron chi connectivity index (χ1n) is 6.46. The molecule has 5 nitrogen and oxygen atoms in total. The Balaban J connectivity index is 2.02. The van der Waals surface area contributed by atoms with Crippen molar-refractivity contribution in [1.82, 2.24) is 8.61 Å². The molecule has 0 spiro atoms. The fraction of sp³-hybridized carbons (Fsp3) is 1.00. The predicted molar refractivity (Wildman–Crippen MR) is 70.9 cm³/mol. The third kappa shape index (κ3) is 2.99. The molecule has 2 aliphatic heterocycles. The Morgan fingerprint density at radius 1 is 1.28 bits per heavy atom. The van der Waals surface area contributed by atoms with Crippen LogP contribution in [0.25, 0.3) is 0 Å². The van der Waals surface area contributed by atoms with Crippen LogP contribution in [0.3, 0.4) is 0 Å². The molecule has 0 bridgehead atoms. The summed E-state index contributed by atoms with van der Waals surface area (Å²) in [4.78, 5) is 0. The molecule has 2 saturated heterocycles. The topological polar surface area (TPSA) is 49.9 Å². The zero-order chi connectivity index (χ0) is 13.2. The minimum absolute atomic E-state index is 0.0745. The van der Waals surface area contributed by atoms with Crippen LogP contribution in [0.15, 0.2) is 0 Å². The zero-order valence-corrected chi connectivity index (χ0v) is 12.3. The Labute approximate surface area is 114 Å². The Morgan fingerprint density at radius 2 is 1.94 bits per heavy atom. The molecule has 0 radical (unpaired) electrons. The van der Waals surface area contributed by atoms with Gasteiger partial charge in [-0.3, -0.25) is 0 Å². The Kier molecular flexibility index (Phi) is 4.88. The van der Waals surface area contributed by atoms with E-state index in [1.54, 1.807) is 8.61 Å². The van der Waals surface area contributed by atoms with Crippen LogP contribution in [-0.4, -0.2) is 61.8 Å². The quantitative estimate of drug-likeness (QED) is 0.727. The minimum Gasteiger partial charge on any atom is -0.378 e. The molecule has 106 valence electrons. The van der Waals surface area contributed by atoms with Gasteiger partial charge < -0.3 is 4.74 Å². The average Bonchev–Trinajstić information content (AvgIpc) is 2.39. The third-order valence-electron chi connectivity index (χ3n) is 3.72.